The van der Waals surface area contributed by atoms with E-state index in [-0.39, 0.29) is 24.4 Å². The maximum atomic E-state index is 13.4. The molecular formula is C16H15FO2. The van der Waals surface area contributed by atoms with Crippen LogP contribution in [-0.4, -0.2) is 12.9 Å². The number of benzene rings is 2. The molecule has 0 aliphatic heterocycles. The molecule has 0 saturated heterocycles. The molecule has 98 valence electrons. The molecule has 0 amide bonds. The number of hydrogen-bond donors (Lipinski definition) is 0. The SMILES string of the molecule is COc1cccc(CC(=O)Cc2ccccc2F)c1. The lowest BCUT2D eigenvalue weighted by Crippen LogP contribution is -2.08. The van der Waals surface area contributed by atoms with Crippen molar-refractivity contribution >= 4 is 5.78 Å². The highest BCUT2D eigenvalue weighted by atomic mass is 19.1. The number of halogens is 1. The van der Waals surface area contributed by atoms with E-state index in [1.807, 2.05) is 24.3 Å². The Balaban J connectivity index is 2.03. The highest BCUT2D eigenvalue weighted by Gasteiger charge is 2.09. The van der Waals surface area contributed by atoms with Gasteiger partial charge >= 0.3 is 0 Å². The monoisotopic (exact) mass is 258 g/mol. The number of carbonyl (C=O) groups excluding carboxylic acids is 1. The maximum absolute atomic E-state index is 13.4. The smallest absolute Gasteiger partial charge is 0.141 e. The van der Waals surface area contributed by atoms with Crippen LogP contribution in [0.3, 0.4) is 0 Å². The predicted molar refractivity (Wildman–Crippen MR) is 71.8 cm³/mol. The van der Waals surface area contributed by atoms with Gasteiger partial charge in [0.15, 0.2) is 0 Å². The zero-order valence-electron chi connectivity index (χ0n) is 10.7. The van der Waals surface area contributed by atoms with Crippen LogP contribution in [0.2, 0.25) is 0 Å². The molecule has 0 aromatic heterocycles. The fourth-order valence-corrected chi connectivity index (χ4v) is 1.93. The molecule has 0 aliphatic rings. The Kier molecular flexibility index (Phi) is 4.29. The topological polar surface area (TPSA) is 26.3 Å². The van der Waals surface area contributed by atoms with Crippen LogP contribution in [-0.2, 0) is 17.6 Å². The minimum atomic E-state index is -0.332. The third-order valence-electron chi connectivity index (χ3n) is 2.88. The van der Waals surface area contributed by atoms with Gasteiger partial charge in [-0.15, -0.1) is 0 Å². The number of carbonyl (C=O) groups is 1. The van der Waals surface area contributed by atoms with Crippen molar-refractivity contribution < 1.29 is 13.9 Å². The van der Waals surface area contributed by atoms with Crippen molar-refractivity contribution in [3.8, 4) is 5.75 Å². The summed E-state index contributed by atoms with van der Waals surface area (Å²) < 4.78 is 18.5. The molecule has 2 rings (SSSR count). The second kappa shape index (κ2) is 6.14. The number of Topliss-reactive ketones (excluding diaryl/α,β-unsaturated/α-hetero) is 1. The van der Waals surface area contributed by atoms with Crippen molar-refractivity contribution in [3.63, 3.8) is 0 Å². The Morgan fingerprint density at radius 1 is 1.11 bits per heavy atom. The van der Waals surface area contributed by atoms with E-state index in [0.29, 0.717) is 5.56 Å². The number of methoxy groups -OCH3 is 1. The van der Waals surface area contributed by atoms with E-state index in [0.717, 1.165) is 11.3 Å². The van der Waals surface area contributed by atoms with E-state index in [9.17, 15) is 9.18 Å². The first-order valence-corrected chi connectivity index (χ1v) is 6.07. The van der Waals surface area contributed by atoms with E-state index in [1.54, 1.807) is 25.3 Å². The van der Waals surface area contributed by atoms with Gasteiger partial charge < -0.3 is 4.74 Å². The summed E-state index contributed by atoms with van der Waals surface area (Å²) in [5.74, 6) is 0.371. The molecule has 0 saturated carbocycles. The lowest BCUT2D eigenvalue weighted by atomic mass is 10.0. The Morgan fingerprint density at radius 2 is 1.89 bits per heavy atom. The number of rotatable bonds is 5. The summed E-state index contributed by atoms with van der Waals surface area (Å²) in [6, 6.07) is 13.7. The van der Waals surface area contributed by atoms with Gasteiger partial charge in [-0.2, -0.15) is 0 Å². The van der Waals surface area contributed by atoms with Crippen LogP contribution in [0.4, 0.5) is 4.39 Å². The molecule has 0 fully saturated rings. The molecule has 0 atom stereocenters. The molecule has 3 heteroatoms. The summed E-state index contributed by atoms with van der Waals surface area (Å²) in [5.41, 5.74) is 1.32. The highest BCUT2D eigenvalue weighted by molar-refractivity contribution is 5.83. The number of ether oxygens (including phenoxy) is 1. The van der Waals surface area contributed by atoms with Crippen LogP contribution < -0.4 is 4.74 Å². The average molecular weight is 258 g/mol. The lowest BCUT2D eigenvalue weighted by Gasteiger charge is -2.05. The normalized spacial score (nSPS) is 10.2. The molecule has 2 nitrogen and oxygen atoms in total. The molecule has 0 bridgehead atoms. The molecular weight excluding hydrogens is 243 g/mol. The van der Waals surface area contributed by atoms with Gasteiger partial charge in [0.2, 0.25) is 0 Å². The summed E-state index contributed by atoms with van der Waals surface area (Å²) in [4.78, 5) is 11.9. The first kappa shape index (κ1) is 13.3. The van der Waals surface area contributed by atoms with Gasteiger partial charge in [-0.05, 0) is 29.3 Å². The van der Waals surface area contributed by atoms with Gasteiger partial charge in [0, 0.05) is 12.8 Å². The summed E-state index contributed by atoms with van der Waals surface area (Å²) in [5, 5.41) is 0. The van der Waals surface area contributed by atoms with Gasteiger partial charge in [0.25, 0.3) is 0 Å². The van der Waals surface area contributed by atoms with Gasteiger partial charge in [0.05, 0.1) is 7.11 Å². The maximum Gasteiger partial charge on any atom is 0.141 e. The van der Waals surface area contributed by atoms with Gasteiger partial charge in [-0.1, -0.05) is 30.3 Å². The minimum absolute atomic E-state index is 0.0154. The molecule has 0 radical (unpaired) electrons. The first-order chi connectivity index (χ1) is 9.19. The van der Waals surface area contributed by atoms with Gasteiger partial charge in [-0.3, -0.25) is 4.79 Å². The molecule has 0 N–H and O–H groups in total. The van der Waals surface area contributed by atoms with Crippen molar-refractivity contribution in [2.24, 2.45) is 0 Å². The van der Waals surface area contributed by atoms with Crippen LogP contribution in [0.15, 0.2) is 48.5 Å². The molecule has 2 aromatic rings. The van der Waals surface area contributed by atoms with E-state index >= 15 is 0 Å². The fourth-order valence-electron chi connectivity index (χ4n) is 1.93. The quantitative estimate of drug-likeness (QED) is 0.823. The standard InChI is InChI=1S/C16H15FO2/c1-19-15-7-4-5-12(10-15)9-14(18)11-13-6-2-3-8-16(13)17/h2-8,10H,9,11H2,1H3. The third kappa shape index (κ3) is 3.65. The Bertz CT molecular complexity index is 578. The van der Waals surface area contributed by atoms with Crippen LogP contribution >= 0.6 is 0 Å². The molecule has 0 spiro atoms. The third-order valence-corrected chi connectivity index (χ3v) is 2.88. The van der Waals surface area contributed by atoms with Crippen molar-refractivity contribution in [1.29, 1.82) is 0 Å². The van der Waals surface area contributed by atoms with Crippen molar-refractivity contribution in [1.82, 2.24) is 0 Å². The van der Waals surface area contributed by atoms with Crippen molar-refractivity contribution in [2.75, 3.05) is 7.11 Å². The lowest BCUT2D eigenvalue weighted by molar-refractivity contribution is -0.117. The molecule has 0 unspecified atom stereocenters. The fraction of sp³-hybridized carbons (Fsp3) is 0.188. The van der Waals surface area contributed by atoms with Crippen molar-refractivity contribution in [2.45, 2.75) is 12.8 Å². The second-order valence-corrected chi connectivity index (χ2v) is 4.34. The minimum Gasteiger partial charge on any atom is -0.497 e. The molecule has 0 aliphatic carbocycles. The van der Waals surface area contributed by atoms with E-state index in [1.165, 1.54) is 6.07 Å². The second-order valence-electron chi connectivity index (χ2n) is 4.34. The van der Waals surface area contributed by atoms with Crippen molar-refractivity contribution in [3.05, 3.63) is 65.5 Å². The first-order valence-electron chi connectivity index (χ1n) is 6.07. The van der Waals surface area contributed by atoms with Crippen LogP contribution in [0.5, 0.6) is 5.75 Å². The highest BCUT2D eigenvalue weighted by Crippen LogP contribution is 2.14. The van der Waals surface area contributed by atoms with E-state index < -0.39 is 0 Å². The Labute approximate surface area is 111 Å². The van der Waals surface area contributed by atoms with Gasteiger partial charge in [-0.25, -0.2) is 4.39 Å². The summed E-state index contributed by atoms with van der Waals surface area (Å²) in [6.45, 7) is 0. The summed E-state index contributed by atoms with van der Waals surface area (Å²) in [6.07, 6.45) is 0.398. The molecule has 0 heterocycles. The largest absolute Gasteiger partial charge is 0.497 e. The zero-order valence-corrected chi connectivity index (χ0v) is 10.7. The van der Waals surface area contributed by atoms with E-state index in [4.69, 9.17) is 4.74 Å². The van der Waals surface area contributed by atoms with Crippen LogP contribution in [0.25, 0.3) is 0 Å². The average Bonchev–Trinajstić information content (AvgIpc) is 2.41. The van der Waals surface area contributed by atoms with Gasteiger partial charge in [0.1, 0.15) is 17.3 Å². The molecule has 2 aromatic carbocycles. The Morgan fingerprint density at radius 3 is 2.63 bits per heavy atom. The molecule has 19 heavy (non-hydrogen) atoms. The van der Waals surface area contributed by atoms with Crippen LogP contribution in [0.1, 0.15) is 11.1 Å². The van der Waals surface area contributed by atoms with E-state index in [2.05, 4.69) is 0 Å². The Hall–Kier alpha value is -2.16. The predicted octanol–water partition coefficient (Wildman–Crippen LogP) is 3.19. The number of hydrogen-bond acceptors (Lipinski definition) is 2. The summed E-state index contributed by atoms with van der Waals surface area (Å²) in [7, 11) is 1.58. The zero-order chi connectivity index (χ0) is 13.7. The van der Waals surface area contributed by atoms with Crippen LogP contribution in [0, 0.1) is 5.82 Å². The summed E-state index contributed by atoms with van der Waals surface area (Å²) >= 11 is 0. The number of ketones is 1.